The minimum Gasteiger partial charge on any atom is -0.534 e. The normalized spacial score (nSPS) is 17.0. The van der Waals surface area contributed by atoms with Gasteiger partial charge in [0.1, 0.15) is 5.75 Å². The van der Waals surface area contributed by atoms with Crippen LogP contribution in [0.1, 0.15) is 22.8 Å². The summed E-state index contributed by atoms with van der Waals surface area (Å²) in [6, 6.07) is 4.99. The predicted molar refractivity (Wildman–Crippen MR) is 79.1 cm³/mol. The van der Waals surface area contributed by atoms with Crippen molar-refractivity contribution >= 4 is 30.6 Å². The number of amides is 1. The van der Waals surface area contributed by atoms with Gasteiger partial charge in [0.05, 0.1) is 17.3 Å². The molecular weight excluding hydrogens is 315 g/mol. The van der Waals surface area contributed by atoms with Crippen molar-refractivity contribution in [3.63, 3.8) is 0 Å². The average molecular weight is 329 g/mol. The Morgan fingerprint density at radius 1 is 1.55 bits per heavy atom. The van der Waals surface area contributed by atoms with Crippen LogP contribution < -0.4 is 9.97 Å². The number of benzene rings is 1. The number of Topliss-reactive ketones (excluding diaryl/α,β-unsaturated/α-hetero) is 1. The standard InChI is InChI=1S/C13H14BF2NO4S/c1-7(18)9-4-2-3-8-5-10(14(20)21-12(8)9)17-11(19)6-22-13(15)16/h2-4,10,13,20H,5-6H2,1H3,(H,17,19)/t10-/m0/s1. The Bertz CT molecular complexity index is 587. The molecule has 0 aromatic heterocycles. The van der Waals surface area contributed by atoms with E-state index >= 15 is 0 Å². The number of carbonyl (C=O) groups is 2. The number of thioether (sulfide) groups is 1. The number of hydrogen-bond donors (Lipinski definition) is 2. The van der Waals surface area contributed by atoms with Crippen LogP contribution in [0.25, 0.3) is 0 Å². The van der Waals surface area contributed by atoms with E-state index in [0.717, 1.165) is 0 Å². The molecule has 1 heterocycles. The van der Waals surface area contributed by atoms with Crippen molar-refractivity contribution in [2.75, 3.05) is 5.75 Å². The second-order valence-corrected chi connectivity index (χ2v) is 5.79. The van der Waals surface area contributed by atoms with Crippen LogP contribution in [0.5, 0.6) is 5.75 Å². The first-order valence-electron chi connectivity index (χ1n) is 6.55. The third kappa shape index (κ3) is 3.98. The summed E-state index contributed by atoms with van der Waals surface area (Å²) in [5.41, 5.74) is 1.03. The maximum absolute atomic E-state index is 12.0. The lowest BCUT2D eigenvalue weighted by Gasteiger charge is -2.29. The molecule has 22 heavy (non-hydrogen) atoms. The number of ketones is 1. The Labute approximate surface area is 130 Å². The zero-order valence-corrected chi connectivity index (χ0v) is 12.5. The van der Waals surface area contributed by atoms with Gasteiger partial charge in [0.15, 0.2) is 5.78 Å². The lowest BCUT2D eigenvalue weighted by Crippen LogP contribution is -2.53. The molecule has 0 aliphatic carbocycles. The van der Waals surface area contributed by atoms with Crippen molar-refractivity contribution < 1.29 is 28.0 Å². The fraction of sp³-hybridized carbons (Fsp3) is 0.385. The summed E-state index contributed by atoms with van der Waals surface area (Å²) in [5.74, 6) is -4.28. The highest BCUT2D eigenvalue weighted by molar-refractivity contribution is 8.00. The third-order valence-electron chi connectivity index (χ3n) is 3.19. The van der Waals surface area contributed by atoms with Crippen LogP contribution in [0.3, 0.4) is 0 Å². The molecule has 1 aliphatic rings. The van der Waals surface area contributed by atoms with Gasteiger partial charge in [-0.15, -0.1) is 0 Å². The zero-order chi connectivity index (χ0) is 16.3. The molecule has 0 bridgehead atoms. The van der Waals surface area contributed by atoms with E-state index < -0.39 is 30.5 Å². The SMILES string of the molecule is CC(=O)c1cccc2c1OB(O)[C@@H](NC(=O)CSC(F)F)C2. The van der Waals surface area contributed by atoms with Gasteiger partial charge in [-0.25, -0.2) is 0 Å². The van der Waals surface area contributed by atoms with E-state index in [1.165, 1.54) is 6.92 Å². The highest BCUT2D eigenvalue weighted by Crippen LogP contribution is 2.30. The van der Waals surface area contributed by atoms with Gasteiger partial charge >= 0.3 is 7.12 Å². The van der Waals surface area contributed by atoms with Crippen LogP contribution in [-0.4, -0.2) is 41.3 Å². The van der Waals surface area contributed by atoms with E-state index in [4.69, 9.17) is 4.65 Å². The molecule has 0 saturated heterocycles. The van der Waals surface area contributed by atoms with Crippen LogP contribution in [0.2, 0.25) is 0 Å². The van der Waals surface area contributed by atoms with Crippen molar-refractivity contribution in [2.45, 2.75) is 25.0 Å². The summed E-state index contributed by atoms with van der Waals surface area (Å²) in [4.78, 5) is 23.1. The molecule has 2 N–H and O–H groups in total. The Hall–Kier alpha value is -1.61. The van der Waals surface area contributed by atoms with Gasteiger partial charge in [-0.1, -0.05) is 23.9 Å². The molecule has 5 nitrogen and oxygen atoms in total. The quantitative estimate of drug-likeness (QED) is 0.629. The number of nitrogens with one attached hydrogen (secondary N) is 1. The molecule has 1 aliphatic heterocycles. The first kappa shape index (κ1) is 16.8. The first-order valence-corrected chi connectivity index (χ1v) is 7.60. The van der Waals surface area contributed by atoms with Crippen molar-refractivity contribution in [2.24, 2.45) is 0 Å². The number of carbonyl (C=O) groups excluding carboxylic acids is 2. The van der Waals surface area contributed by atoms with Gasteiger partial charge in [-0.05, 0) is 25.0 Å². The molecule has 0 spiro atoms. The van der Waals surface area contributed by atoms with Crippen LogP contribution in [0.15, 0.2) is 18.2 Å². The molecule has 0 fully saturated rings. The van der Waals surface area contributed by atoms with Crippen LogP contribution in [0.4, 0.5) is 8.78 Å². The van der Waals surface area contributed by atoms with Gasteiger partial charge in [0, 0.05) is 0 Å². The minimum atomic E-state index is -2.63. The molecule has 118 valence electrons. The van der Waals surface area contributed by atoms with Crippen LogP contribution in [0, 0.1) is 0 Å². The van der Waals surface area contributed by atoms with Crippen molar-refractivity contribution in [1.29, 1.82) is 0 Å². The molecule has 1 aromatic carbocycles. The monoisotopic (exact) mass is 329 g/mol. The van der Waals surface area contributed by atoms with Crippen molar-refractivity contribution in [3.05, 3.63) is 29.3 Å². The molecule has 0 radical (unpaired) electrons. The van der Waals surface area contributed by atoms with Crippen LogP contribution in [-0.2, 0) is 11.2 Å². The maximum atomic E-state index is 12.0. The summed E-state index contributed by atoms with van der Waals surface area (Å²) in [6.45, 7) is 1.39. The van der Waals surface area contributed by atoms with E-state index in [1.54, 1.807) is 18.2 Å². The van der Waals surface area contributed by atoms with Crippen LogP contribution >= 0.6 is 11.8 Å². The number of fused-ring (bicyclic) bond motifs is 1. The summed E-state index contributed by atoms with van der Waals surface area (Å²) >= 11 is 0.209. The second kappa shape index (κ2) is 7.10. The van der Waals surface area contributed by atoms with Gasteiger partial charge in [0.2, 0.25) is 5.91 Å². The van der Waals surface area contributed by atoms with Crippen molar-refractivity contribution in [3.8, 4) is 5.75 Å². The lowest BCUT2D eigenvalue weighted by molar-refractivity contribution is -0.119. The molecule has 1 amide bonds. The first-order chi connectivity index (χ1) is 10.4. The summed E-state index contributed by atoms with van der Waals surface area (Å²) in [6.07, 6.45) is 0.253. The molecule has 1 aromatic rings. The van der Waals surface area contributed by atoms with E-state index in [0.29, 0.717) is 16.9 Å². The number of alkyl halides is 2. The molecule has 9 heteroatoms. The molecule has 2 rings (SSSR count). The summed E-state index contributed by atoms with van der Waals surface area (Å²) in [5, 5.41) is 12.4. The molecule has 0 saturated carbocycles. The van der Waals surface area contributed by atoms with Gasteiger partial charge in [-0.2, -0.15) is 8.78 Å². The highest BCUT2D eigenvalue weighted by atomic mass is 32.2. The Morgan fingerprint density at radius 2 is 2.27 bits per heavy atom. The van der Waals surface area contributed by atoms with E-state index in [9.17, 15) is 23.4 Å². The molecule has 0 unspecified atom stereocenters. The zero-order valence-electron chi connectivity index (χ0n) is 11.7. The fourth-order valence-corrected chi connectivity index (χ4v) is 2.57. The van der Waals surface area contributed by atoms with Gasteiger partial charge < -0.3 is 15.0 Å². The largest absolute Gasteiger partial charge is 0.547 e. The predicted octanol–water partition coefficient (Wildman–Crippen LogP) is 1.28. The number of rotatable bonds is 5. The smallest absolute Gasteiger partial charge is 0.534 e. The molecular formula is C13H14BF2NO4S. The summed E-state index contributed by atoms with van der Waals surface area (Å²) in [7, 11) is -1.34. The highest BCUT2D eigenvalue weighted by Gasteiger charge is 2.37. The van der Waals surface area contributed by atoms with Crippen molar-refractivity contribution in [1.82, 2.24) is 5.32 Å². The van der Waals surface area contributed by atoms with E-state index in [1.807, 2.05) is 0 Å². The Morgan fingerprint density at radius 3 is 2.91 bits per heavy atom. The number of halogens is 2. The number of hydrogen-bond acceptors (Lipinski definition) is 5. The Balaban J connectivity index is 2.08. The molecule has 1 atom stereocenters. The maximum Gasteiger partial charge on any atom is 0.547 e. The third-order valence-corrected chi connectivity index (χ3v) is 3.87. The van der Waals surface area contributed by atoms with Gasteiger partial charge in [-0.3, -0.25) is 9.59 Å². The van der Waals surface area contributed by atoms with Gasteiger partial charge in [0.25, 0.3) is 5.76 Å². The lowest BCUT2D eigenvalue weighted by atomic mass is 9.72. The average Bonchev–Trinajstić information content (AvgIpc) is 2.45. The number of para-hydroxylation sites is 1. The van der Waals surface area contributed by atoms with E-state index in [2.05, 4.69) is 5.32 Å². The summed E-state index contributed by atoms with van der Waals surface area (Å²) < 4.78 is 29.4. The second-order valence-electron chi connectivity index (χ2n) is 4.81. The topological polar surface area (TPSA) is 75.6 Å². The van der Waals surface area contributed by atoms with E-state index in [-0.39, 0.29) is 24.0 Å². The minimum absolute atomic E-state index is 0.195. The fourth-order valence-electron chi connectivity index (χ4n) is 2.21. The Kier molecular flexibility index (Phi) is 5.41.